The van der Waals surface area contributed by atoms with E-state index >= 15 is 0 Å². The van der Waals surface area contributed by atoms with Crippen LogP contribution in [0.5, 0.6) is 0 Å². The quantitative estimate of drug-likeness (QED) is 0.777. The van der Waals surface area contributed by atoms with Gasteiger partial charge in [0.2, 0.25) is 15.9 Å². The molecule has 1 fully saturated rings. The minimum atomic E-state index is -3.49. The molecule has 8 heteroatoms. The summed E-state index contributed by atoms with van der Waals surface area (Å²) >= 11 is 6.12. The van der Waals surface area contributed by atoms with Gasteiger partial charge in [-0.05, 0) is 30.7 Å². The molecule has 1 aliphatic heterocycles. The topological polar surface area (TPSA) is 69.7 Å². The molecule has 2 aromatic carbocycles. The van der Waals surface area contributed by atoms with Gasteiger partial charge in [0.1, 0.15) is 0 Å². The van der Waals surface area contributed by atoms with Gasteiger partial charge in [-0.25, -0.2) is 8.42 Å². The monoisotopic (exact) mass is 421 g/mol. The van der Waals surface area contributed by atoms with Gasteiger partial charge >= 0.3 is 0 Å². The average Bonchev–Trinajstić information content (AvgIpc) is 2.73. The van der Waals surface area contributed by atoms with Gasteiger partial charge < -0.3 is 5.32 Å². The molecule has 150 valence electrons. The Morgan fingerprint density at radius 3 is 2.29 bits per heavy atom. The van der Waals surface area contributed by atoms with Gasteiger partial charge in [-0.15, -0.1) is 0 Å². The van der Waals surface area contributed by atoms with Crippen molar-refractivity contribution < 1.29 is 13.2 Å². The number of benzene rings is 2. The lowest BCUT2D eigenvalue weighted by Crippen LogP contribution is -2.54. The summed E-state index contributed by atoms with van der Waals surface area (Å²) in [5, 5.41) is 3.53. The molecule has 0 spiro atoms. The van der Waals surface area contributed by atoms with Gasteiger partial charge in [0.15, 0.2) is 0 Å². The zero-order valence-corrected chi connectivity index (χ0v) is 17.3. The Labute approximate surface area is 171 Å². The molecule has 2 aromatic rings. The number of halogens is 1. The molecule has 0 bridgehead atoms. The molecule has 0 unspecified atom stereocenters. The van der Waals surface area contributed by atoms with E-state index in [1.807, 2.05) is 30.0 Å². The van der Waals surface area contributed by atoms with Crippen molar-refractivity contribution in [2.24, 2.45) is 0 Å². The number of carbonyl (C=O) groups is 1. The van der Waals surface area contributed by atoms with Crippen molar-refractivity contribution in [3.63, 3.8) is 0 Å². The highest BCUT2D eigenvalue weighted by Gasteiger charge is 2.31. The summed E-state index contributed by atoms with van der Waals surface area (Å²) in [7, 11) is -3.49. The van der Waals surface area contributed by atoms with Crippen LogP contribution in [0.2, 0.25) is 5.02 Å². The first-order valence-corrected chi connectivity index (χ1v) is 11.0. The fraction of sp³-hybridized carbons (Fsp3) is 0.350. The van der Waals surface area contributed by atoms with Crippen molar-refractivity contribution >= 4 is 27.5 Å². The minimum absolute atomic E-state index is 0.0979. The van der Waals surface area contributed by atoms with Crippen LogP contribution in [0.1, 0.15) is 12.5 Å². The molecular formula is C20H24ClN3O3S. The molecule has 1 amide bonds. The van der Waals surface area contributed by atoms with E-state index in [1.165, 1.54) is 4.31 Å². The minimum Gasteiger partial charge on any atom is -0.351 e. The molecule has 0 aromatic heterocycles. The fourth-order valence-corrected chi connectivity index (χ4v) is 4.86. The van der Waals surface area contributed by atoms with Crippen LogP contribution in [0.25, 0.3) is 0 Å². The highest BCUT2D eigenvalue weighted by atomic mass is 35.5. The van der Waals surface area contributed by atoms with Crippen molar-refractivity contribution in [3.8, 4) is 0 Å². The summed E-state index contributed by atoms with van der Waals surface area (Å²) < 4.78 is 26.9. The third kappa shape index (κ3) is 4.72. The van der Waals surface area contributed by atoms with Crippen LogP contribution in [-0.4, -0.2) is 55.8 Å². The van der Waals surface area contributed by atoms with Crippen LogP contribution >= 0.6 is 11.6 Å². The van der Waals surface area contributed by atoms with Gasteiger partial charge in [-0.3, -0.25) is 9.69 Å². The van der Waals surface area contributed by atoms with Crippen molar-refractivity contribution in [2.45, 2.75) is 24.4 Å². The molecule has 1 atom stereocenters. The third-order valence-electron chi connectivity index (χ3n) is 4.99. The predicted octanol–water partition coefficient (Wildman–Crippen LogP) is 2.35. The maximum Gasteiger partial charge on any atom is 0.243 e. The molecule has 1 heterocycles. The lowest BCUT2D eigenvalue weighted by Gasteiger charge is -2.36. The Morgan fingerprint density at radius 1 is 1.04 bits per heavy atom. The summed E-state index contributed by atoms with van der Waals surface area (Å²) in [5.41, 5.74) is 0.864. The average molecular weight is 422 g/mol. The van der Waals surface area contributed by atoms with Crippen LogP contribution in [0.15, 0.2) is 59.5 Å². The molecule has 6 nitrogen and oxygen atoms in total. The number of hydrogen-bond donors (Lipinski definition) is 1. The van der Waals surface area contributed by atoms with Crippen molar-refractivity contribution in [1.29, 1.82) is 0 Å². The Kier molecular flexibility index (Phi) is 6.72. The predicted molar refractivity (Wildman–Crippen MR) is 110 cm³/mol. The number of sulfonamides is 1. The molecule has 3 rings (SSSR count). The van der Waals surface area contributed by atoms with Crippen LogP contribution in [-0.2, 0) is 21.4 Å². The van der Waals surface area contributed by atoms with Crippen LogP contribution in [0.4, 0.5) is 0 Å². The molecule has 1 aliphatic rings. The van der Waals surface area contributed by atoms with E-state index in [1.54, 1.807) is 36.4 Å². The summed E-state index contributed by atoms with van der Waals surface area (Å²) in [4.78, 5) is 14.8. The van der Waals surface area contributed by atoms with E-state index in [9.17, 15) is 13.2 Å². The maximum atomic E-state index is 12.7. The summed E-state index contributed by atoms with van der Waals surface area (Å²) in [6.07, 6.45) is 0. The summed E-state index contributed by atoms with van der Waals surface area (Å²) in [6, 6.07) is 15.5. The normalized spacial score (nSPS) is 17.2. The van der Waals surface area contributed by atoms with Crippen LogP contribution in [0.3, 0.4) is 0 Å². The number of nitrogens with one attached hydrogen (secondary N) is 1. The largest absolute Gasteiger partial charge is 0.351 e. The van der Waals surface area contributed by atoms with Crippen molar-refractivity contribution in [1.82, 2.24) is 14.5 Å². The van der Waals surface area contributed by atoms with Crippen molar-refractivity contribution in [3.05, 3.63) is 65.2 Å². The van der Waals surface area contributed by atoms with E-state index < -0.39 is 10.0 Å². The second-order valence-corrected chi connectivity index (χ2v) is 9.08. The molecular weight excluding hydrogens is 398 g/mol. The van der Waals surface area contributed by atoms with Gasteiger partial charge in [0.25, 0.3) is 0 Å². The van der Waals surface area contributed by atoms with E-state index in [0.29, 0.717) is 42.6 Å². The molecule has 1 saturated heterocycles. The fourth-order valence-electron chi connectivity index (χ4n) is 3.21. The first kappa shape index (κ1) is 20.8. The summed E-state index contributed by atoms with van der Waals surface area (Å²) in [5.74, 6) is -0.0979. The molecule has 1 N–H and O–H groups in total. The number of amides is 1. The Hall–Kier alpha value is -1.93. The van der Waals surface area contributed by atoms with Crippen molar-refractivity contribution in [2.75, 3.05) is 26.2 Å². The highest BCUT2D eigenvalue weighted by Crippen LogP contribution is 2.18. The molecule has 0 aliphatic carbocycles. The Bertz CT molecular complexity index is 913. The first-order valence-electron chi connectivity index (χ1n) is 9.20. The number of hydrogen-bond acceptors (Lipinski definition) is 4. The number of nitrogens with zero attached hydrogens (tertiary/aromatic N) is 2. The Morgan fingerprint density at radius 2 is 1.64 bits per heavy atom. The number of carbonyl (C=O) groups excluding carboxylic acids is 1. The summed E-state index contributed by atoms with van der Waals surface area (Å²) in [6.45, 7) is 3.94. The highest BCUT2D eigenvalue weighted by molar-refractivity contribution is 7.89. The van der Waals surface area contributed by atoms with Gasteiger partial charge in [0, 0.05) is 37.7 Å². The smallest absolute Gasteiger partial charge is 0.243 e. The standard InChI is InChI=1S/C20H24ClN3O3S/c1-16(20(25)22-15-17-7-5-6-10-19(17)21)23-11-13-24(14-12-23)28(26,27)18-8-3-2-4-9-18/h2-10,16H,11-15H2,1H3,(H,22,25)/t16-/m1/s1. The van der Waals surface area contributed by atoms with E-state index in [-0.39, 0.29) is 11.9 Å². The molecule has 0 saturated carbocycles. The lowest BCUT2D eigenvalue weighted by molar-refractivity contribution is -0.126. The van der Waals surface area contributed by atoms with E-state index in [4.69, 9.17) is 11.6 Å². The zero-order chi connectivity index (χ0) is 20.1. The maximum absolute atomic E-state index is 12.7. The number of piperazine rings is 1. The number of rotatable bonds is 6. The van der Waals surface area contributed by atoms with Crippen LogP contribution in [0, 0.1) is 0 Å². The van der Waals surface area contributed by atoms with Crippen LogP contribution < -0.4 is 5.32 Å². The van der Waals surface area contributed by atoms with E-state index in [2.05, 4.69) is 5.32 Å². The third-order valence-corrected chi connectivity index (χ3v) is 7.27. The van der Waals surface area contributed by atoms with Gasteiger partial charge in [-0.2, -0.15) is 4.31 Å². The zero-order valence-electron chi connectivity index (χ0n) is 15.7. The van der Waals surface area contributed by atoms with Gasteiger partial charge in [0.05, 0.1) is 10.9 Å². The lowest BCUT2D eigenvalue weighted by atomic mass is 10.2. The molecule has 28 heavy (non-hydrogen) atoms. The van der Waals surface area contributed by atoms with E-state index in [0.717, 1.165) is 5.56 Å². The second kappa shape index (κ2) is 9.05. The SMILES string of the molecule is C[C@H](C(=O)NCc1ccccc1Cl)N1CCN(S(=O)(=O)c2ccccc2)CC1. The van der Waals surface area contributed by atoms with Gasteiger partial charge in [-0.1, -0.05) is 48.0 Å². The second-order valence-electron chi connectivity index (χ2n) is 6.74. The first-order chi connectivity index (χ1) is 13.4. The Balaban J connectivity index is 1.54. The molecule has 0 radical (unpaired) electrons.